The number of thioether (sulfide) groups is 1. The molecule has 2 aromatic carbocycles. The van der Waals surface area contributed by atoms with Crippen LogP contribution in [0.15, 0.2) is 59.6 Å². The first-order valence-electron chi connectivity index (χ1n) is 8.86. The predicted octanol–water partition coefficient (Wildman–Crippen LogP) is 3.62. The molecule has 1 amide bonds. The van der Waals surface area contributed by atoms with Crippen LogP contribution in [0.5, 0.6) is 0 Å². The molecule has 0 aliphatic rings. The zero-order chi connectivity index (χ0) is 21.5. The number of nitrogens with one attached hydrogen (secondary N) is 1. The van der Waals surface area contributed by atoms with Gasteiger partial charge in [0.2, 0.25) is 5.91 Å². The molecule has 0 radical (unpaired) electrons. The van der Waals surface area contributed by atoms with E-state index >= 15 is 0 Å². The third-order valence-corrected chi connectivity index (χ3v) is 5.20. The lowest BCUT2D eigenvalue weighted by Gasteiger charge is -2.13. The summed E-state index contributed by atoms with van der Waals surface area (Å²) < 4.78 is 13.3. The first-order valence-corrected chi connectivity index (χ1v) is 9.85. The normalized spacial score (nSPS) is 10.1. The summed E-state index contributed by atoms with van der Waals surface area (Å²) in [6, 6.07) is 18.9. The Labute approximate surface area is 177 Å². The Morgan fingerprint density at radius 3 is 2.37 bits per heavy atom. The minimum absolute atomic E-state index is 0.0166. The number of hydrogen-bond acceptors (Lipinski definition) is 6. The molecule has 1 heterocycles. The number of pyridine rings is 1. The molecular formula is C22H16FN5OS. The van der Waals surface area contributed by atoms with Crippen molar-refractivity contribution in [3.05, 3.63) is 77.1 Å². The zero-order valence-corrected chi connectivity index (χ0v) is 16.5. The molecule has 0 spiro atoms. The Hall–Kier alpha value is -3.88. The van der Waals surface area contributed by atoms with Gasteiger partial charge in [-0.25, -0.2) is 9.37 Å². The van der Waals surface area contributed by atoms with Crippen LogP contribution in [0, 0.1) is 28.5 Å². The van der Waals surface area contributed by atoms with Crippen LogP contribution in [0.4, 0.5) is 10.2 Å². The summed E-state index contributed by atoms with van der Waals surface area (Å²) in [7, 11) is 0. The molecule has 0 aliphatic heterocycles. The summed E-state index contributed by atoms with van der Waals surface area (Å²) in [5.41, 5.74) is 7.80. The van der Waals surface area contributed by atoms with Gasteiger partial charge in [0.25, 0.3) is 0 Å². The van der Waals surface area contributed by atoms with Gasteiger partial charge in [-0.2, -0.15) is 10.5 Å². The summed E-state index contributed by atoms with van der Waals surface area (Å²) in [6.07, 6.45) is 0. The van der Waals surface area contributed by atoms with Gasteiger partial charge in [0.05, 0.1) is 11.3 Å². The van der Waals surface area contributed by atoms with E-state index in [0.29, 0.717) is 12.1 Å². The number of amides is 1. The molecule has 0 unspecified atom stereocenters. The molecule has 0 fully saturated rings. The van der Waals surface area contributed by atoms with Crippen molar-refractivity contribution in [2.45, 2.75) is 11.6 Å². The summed E-state index contributed by atoms with van der Waals surface area (Å²) in [5, 5.41) is 22.3. The SMILES string of the molecule is N#Cc1c(N)nc(SCC(=O)NCc2ccccc2)c(C#N)c1-c1ccc(F)cc1. The summed E-state index contributed by atoms with van der Waals surface area (Å²) in [6.45, 7) is 0.384. The van der Waals surface area contributed by atoms with Crippen molar-refractivity contribution in [2.75, 3.05) is 11.5 Å². The van der Waals surface area contributed by atoms with E-state index in [9.17, 15) is 19.7 Å². The van der Waals surface area contributed by atoms with Gasteiger partial charge in [0.15, 0.2) is 0 Å². The third kappa shape index (κ3) is 4.75. The number of nitrogen functional groups attached to an aromatic ring is 1. The fourth-order valence-corrected chi connectivity index (χ4v) is 3.61. The number of anilines is 1. The molecule has 8 heteroatoms. The lowest BCUT2D eigenvalue weighted by atomic mass is 9.97. The van der Waals surface area contributed by atoms with Crippen molar-refractivity contribution in [1.29, 1.82) is 10.5 Å². The Morgan fingerprint density at radius 1 is 1.07 bits per heavy atom. The van der Waals surface area contributed by atoms with Crippen molar-refractivity contribution in [3.63, 3.8) is 0 Å². The molecule has 0 bridgehead atoms. The van der Waals surface area contributed by atoms with Crippen LogP contribution in [-0.4, -0.2) is 16.6 Å². The largest absolute Gasteiger partial charge is 0.383 e. The van der Waals surface area contributed by atoms with Crippen molar-refractivity contribution in [1.82, 2.24) is 10.3 Å². The lowest BCUT2D eigenvalue weighted by Crippen LogP contribution is -2.24. The monoisotopic (exact) mass is 417 g/mol. The fourth-order valence-electron chi connectivity index (χ4n) is 2.79. The summed E-state index contributed by atoms with van der Waals surface area (Å²) >= 11 is 1.05. The second-order valence-corrected chi connectivity index (χ2v) is 7.17. The summed E-state index contributed by atoms with van der Waals surface area (Å²) in [5.74, 6) is -0.714. The van der Waals surface area contributed by atoms with Crippen LogP contribution in [0.1, 0.15) is 16.7 Å². The van der Waals surface area contributed by atoms with Crippen molar-refractivity contribution >= 4 is 23.5 Å². The maximum absolute atomic E-state index is 13.3. The highest BCUT2D eigenvalue weighted by Gasteiger charge is 2.21. The second-order valence-electron chi connectivity index (χ2n) is 6.21. The van der Waals surface area contributed by atoms with E-state index < -0.39 is 5.82 Å². The Bertz CT molecular complexity index is 1150. The van der Waals surface area contributed by atoms with Crippen molar-refractivity contribution in [3.8, 4) is 23.3 Å². The molecule has 0 atom stereocenters. The Balaban J connectivity index is 1.84. The smallest absolute Gasteiger partial charge is 0.230 e. The second kappa shape index (κ2) is 9.55. The lowest BCUT2D eigenvalue weighted by molar-refractivity contribution is -0.118. The van der Waals surface area contributed by atoms with Gasteiger partial charge < -0.3 is 11.1 Å². The average Bonchev–Trinajstić information content (AvgIpc) is 2.77. The van der Waals surface area contributed by atoms with Crippen LogP contribution in [-0.2, 0) is 11.3 Å². The number of nitriles is 2. The molecule has 3 rings (SSSR count). The van der Waals surface area contributed by atoms with E-state index in [4.69, 9.17) is 5.73 Å². The first kappa shape index (κ1) is 20.8. The van der Waals surface area contributed by atoms with Crippen LogP contribution >= 0.6 is 11.8 Å². The molecule has 3 N–H and O–H groups in total. The highest BCUT2D eigenvalue weighted by Crippen LogP contribution is 2.35. The fraction of sp³-hybridized carbons (Fsp3) is 0.0909. The standard InChI is InChI=1S/C22H16FN5OS/c23-16-8-6-15(7-9-16)20-17(10-24)21(26)28-22(18(20)11-25)30-13-19(29)27-12-14-4-2-1-3-5-14/h1-9H,12-13H2,(H2,26,28)(H,27,29). The van der Waals surface area contributed by atoms with Crippen LogP contribution in [0.3, 0.4) is 0 Å². The van der Waals surface area contributed by atoms with E-state index in [1.165, 1.54) is 24.3 Å². The number of nitrogens with two attached hydrogens (primary N) is 1. The number of carbonyl (C=O) groups excluding carboxylic acids is 1. The number of hydrogen-bond donors (Lipinski definition) is 2. The average molecular weight is 417 g/mol. The molecule has 0 aliphatic carbocycles. The highest BCUT2D eigenvalue weighted by atomic mass is 32.2. The van der Waals surface area contributed by atoms with Crippen LogP contribution < -0.4 is 11.1 Å². The Morgan fingerprint density at radius 2 is 1.73 bits per heavy atom. The highest BCUT2D eigenvalue weighted by molar-refractivity contribution is 8.00. The number of carbonyl (C=O) groups is 1. The van der Waals surface area contributed by atoms with Gasteiger partial charge in [-0.3, -0.25) is 4.79 Å². The quantitative estimate of drug-likeness (QED) is 0.592. The zero-order valence-electron chi connectivity index (χ0n) is 15.7. The van der Waals surface area contributed by atoms with Gasteiger partial charge in [-0.05, 0) is 23.3 Å². The molecule has 0 saturated carbocycles. The van der Waals surface area contributed by atoms with Gasteiger partial charge in [0.1, 0.15) is 34.4 Å². The molecule has 1 aromatic heterocycles. The van der Waals surface area contributed by atoms with Crippen molar-refractivity contribution < 1.29 is 9.18 Å². The van der Waals surface area contributed by atoms with Gasteiger partial charge in [0, 0.05) is 12.1 Å². The number of halogens is 1. The van der Waals surface area contributed by atoms with E-state index in [-0.39, 0.29) is 39.2 Å². The van der Waals surface area contributed by atoms with Gasteiger partial charge >= 0.3 is 0 Å². The van der Waals surface area contributed by atoms with Crippen molar-refractivity contribution in [2.24, 2.45) is 0 Å². The molecule has 148 valence electrons. The third-order valence-electron chi connectivity index (χ3n) is 4.22. The van der Waals surface area contributed by atoms with E-state index in [1.807, 2.05) is 42.5 Å². The Kier molecular flexibility index (Phi) is 6.63. The maximum Gasteiger partial charge on any atom is 0.230 e. The van der Waals surface area contributed by atoms with E-state index in [0.717, 1.165) is 17.3 Å². The molecule has 6 nitrogen and oxygen atoms in total. The minimum atomic E-state index is -0.442. The topological polar surface area (TPSA) is 116 Å². The van der Waals surface area contributed by atoms with Crippen LogP contribution in [0.2, 0.25) is 0 Å². The molecular weight excluding hydrogens is 401 g/mol. The number of benzene rings is 2. The maximum atomic E-state index is 13.3. The number of nitrogens with zero attached hydrogens (tertiary/aromatic N) is 3. The van der Waals surface area contributed by atoms with E-state index in [2.05, 4.69) is 10.3 Å². The summed E-state index contributed by atoms with van der Waals surface area (Å²) in [4.78, 5) is 16.4. The molecule has 3 aromatic rings. The molecule has 0 saturated heterocycles. The minimum Gasteiger partial charge on any atom is -0.383 e. The van der Waals surface area contributed by atoms with Crippen LogP contribution in [0.25, 0.3) is 11.1 Å². The number of aromatic nitrogens is 1. The predicted molar refractivity (Wildman–Crippen MR) is 112 cm³/mol. The van der Waals surface area contributed by atoms with Gasteiger partial charge in [-0.1, -0.05) is 54.2 Å². The molecule has 30 heavy (non-hydrogen) atoms. The first-order chi connectivity index (χ1) is 14.5. The number of rotatable bonds is 6. The van der Waals surface area contributed by atoms with Gasteiger partial charge in [-0.15, -0.1) is 0 Å². The van der Waals surface area contributed by atoms with E-state index in [1.54, 1.807) is 0 Å².